The summed E-state index contributed by atoms with van der Waals surface area (Å²) in [5.74, 6) is -1.87. The molecular formula is C57H74N8O10S. The number of benzene rings is 3. The zero-order chi connectivity index (χ0) is 54.9. The first-order valence-electron chi connectivity index (χ1n) is 26.3. The lowest BCUT2D eigenvalue weighted by atomic mass is 9.85. The molecule has 7 N–H and O–H groups in total. The molecule has 7 rings (SSSR count). The number of nitrogens with one attached hydrogen (secondary N) is 4. The first-order chi connectivity index (χ1) is 36.0. The van der Waals surface area contributed by atoms with Crippen molar-refractivity contribution in [1.29, 1.82) is 0 Å². The average Bonchev–Trinajstić information content (AvgIpc) is 4.10. The van der Waals surface area contributed by atoms with E-state index in [1.54, 1.807) is 38.2 Å². The molecular weight excluding hydrogens is 989 g/mol. The molecule has 18 nitrogen and oxygen atoms in total. The first kappa shape index (κ1) is 56.9. The van der Waals surface area contributed by atoms with Crippen molar-refractivity contribution in [2.45, 2.75) is 168 Å². The molecule has 408 valence electrons. The topological polar surface area (TPSA) is 252 Å². The Balaban J connectivity index is 0.880. The average molecular weight is 1060 g/mol. The van der Waals surface area contributed by atoms with E-state index >= 15 is 0 Å². The smallest absolute Gasteiger partial charge is 0.408 e. The summed E-state index contributed by atoms with van der Waals surface area (Å²) in [5, 5.41) is 22.3. The van der Waals surface area contributed by atoms with Crippen LogP contribution >= 0.6 is 11.3 Å². The summed E-state index contributed by atoms with van der Waals surface area (Å²) in [6.07, 6.45) is 2.76. The van der Waals surface area contributed by atoms with E-state index in [0.717, 1.165) is 51.2 Å². The van der Waals surface area contributed by atoms with Crippen molar-refractivity contribution < 1.29 is 48.1 Å². The number of nitrogens with zero attached hydrogens (tertiary/aromatic N) is 3. The minimum Gasteiger partial charge on any atom is -0.491 e. The molecule has 0 spiro atoms. The second-order valence-corrected chi connectivity index (χ2v) is 23.1. The second kappa shape index (κ2) is 24.9. The SMILES string of the molecule is Cc1ncsc1-c1ccc(CNC(=O)[C@@H]2C[C@@H](O)CN2C(=O)[C@@H](NC(=O)CCCCCc2cccc(OC[C@H](CCC(N)=O)NC(=O)[C@@H]3Cc4cccc5c4N3C(=O)[C@@H](NC(=O)OC(C)(C)C)CC5)c2)C(C)(C)C)cc1. The summed E-state index contributed by atoms with van der Waals surface area (Å²) >= 11 is 1.57. The number of carbonyl (C=O) groups excluding carboxylic acids is 7. The molecule has 4 aromatic rings. The van der Waals surface area contributed by atoms with Gasteiger partial charge in [-0.05, 0) is 112 Å². The molecule has 3 aromatic carbocycles. The monoisotopic (exact) mass is 1060 g/mol. The van der Waals surface area contributed by atoms with E-state index in [1.807, 2.05) is 93.9 Å². The second-order valence-electron chi connectivity index (χ2n) is 22.3. The number of aromatic nitrogens is 1. The minimum atomic E-state index is -0.927. The molecule has 0 radical (unpaired) electrons. The van der Waals surface area contributed by atoms with Crippen LogP contribution in [0.4, 0.5) is 10.5 Å². The van der Waals surface area contributed by atoms with E-state index in [-0.39, 0.29) is 63.6 Å². The molecule has 1 fully saturated rings. The molecule has 1 aromatic heterocycles. The lowest BCUT2D eigenvalue weighted by molar-refractivity contribution is -0.144. The highest BCUT2D eigenvalue weighted by atomic mass is 32.1. The molecule has 0 aliphatic carbocycles. The van der Waals surface area contributed by atoms with Crippen LogP contribution in [0.15, 0.2) is 72.2 Å². The normalized spacial score (nSPS) is 19.0. The third kappa shape index (κ3) is 15.0. The fourth-order valence-corrected chi connectivity index (χ4v) is 10.8. The van der Waals surface area contributed by atoms with E-state index in [4.69, 9.17) is 15.2 Å². The van der Waals surface area contributed by atoms with E-state index in [1.165, 1.54) is 9.80 Å². The quantitative estimate of drug-likeness (QED) is 0.0532. The maximum absolute atomic E-state index is 14.2. The largest absolute Gasteiger partial charge is 0.491 e. The van der Waals surface area contributed by atoms with Crippen molar-refractivity contribution in [3.63, 3.8) is 0 Å². The lowest BCUT2D eigenvalue weighted by Gasteiger charge is -2.35. The summed E-state index contributed by atoms with van der Waals surface area (Å²) in [5.41, 5.74) is 12.2. The molecule has 3 aliphatic rings. The van der Waals surface area contributed by atoms with Gasteiger partial charge in [0, 0.05) is 38.8 Å². The molecule has 0 unspecified atom stereocenters. The van der Waals surface area contributed by atoms with Gasteiger partial charge in [-0.1, -0.05) is 81.8 Å². The molecule has 0 saturated carbocycles. The standard InChI is InChI=1S/C57H74N8O10S/c1-34-49(76-33-60-34)38-21-19-36(20-22-38)30-59-51(69)44-29-41(66)31-64(44)54(72)50(56(2,3)4)63-47(68)18-10-8-9-13-35-14-11-17-42(27-35)74-32-40(24-26-46(58)67)61-52(70)45-28-39-16-12-15-37-23-25-43(53(71)65(45)48(37)39)62-55(73)75-57(5,6)7/h11-12,14-17,19-22,27,33,40-41,43-45,50,66H,8-10,13,18,23-26,28-32H2,1-7H3,(H2,58,67)(H,59,69)(H,61,70)(H,62,73)(H,63,68)/t40-,41+,43-,44-,45-,50+/m0/s1. The van der Waals surface area contributed by atoms with Crippen LogP contribution in [0.1, 0.15) is 121 Å². The number of aryl methyl sites for hydroxylation is 3. The Bertz CT molecular complexity index is 2750. The molecule has 7 amide bonds. The van der Waals surface area contributed by atoms with E-state index in [9.17, 15) is 38.7 Å². The molecule has 19 heteroatoms. The van der Waals surface area contributed by atoms with Crippen molar-refractivity contribution in [1.82, 2.24) is 31.2 Å². The number of anilines is 1. The summed E-state index contributed by atoms with van der Waals surface area (Å²) in [6, 6.07) is 16.9. The zero-order valence-corrected chi connectivity index (χ0v) is 45.6. The van der Waals surface area contributed by atoms with Crippen LogP contribution in [-0.2, 0) is 59.3 Å². The van der Waals surface area contributed by atoms with Crippen LogP contribution in [-0.4, -0.2) is 112 Å². The molecule has 3 aliphatic heterocycles. The number of likely N-dealkylation sites (tertiary alicyclic amines) is 1. The minimum absolute atomic E-state index is 0.00687. The van der Waals surface area contributed by atoms with Gasteiger partial charge in [0.15, 0.2) is 0 Å². The summed E-state index contributed by atoms with van der Waals surface area (Å²) in [6.45, 7) is 13.0. The van der Waals surface area contributed by atoms with Crippen molar-refractivity contribution in [3.8, 4) is 16.2 Å². The third-order valence-corrected chi connectivity index (χ3v) is 14.9. The van der Waals surface area contributed by atoms with Gasteiger partial charge in [0.25, 0.3) is 0 Å². The van der Waals surface area contributed by atoms with Crippen molar-refractivity contribution in [2.24, 2.45) is 11.1 Å². The van der Waals surface area contributed by atoms with Gasteiger partial charge in [-0.25, -0.2) is 9.78 Å². The summed E-state index contributed by atoms with van der Waals surface area (Å²) < 4.78 is 11.7. The van der Waals surface area contributed by atoms with Gasteiger partial charge >= 0.3 is 6.09 Å². The van der Waals surface area contributed by atoms with Gasteiger partial charge in [-0.15, -0.1) is 11.3 Å². The van der Waals surface area contributed by atoms with E-state index in [2.05, 4.69) is 26.3 Å². The number of rotatable bonds is 21. The number of hydrogen-bond acceptors (Lipinski definition) is 12. The third-order valence-electron chi connectivity index (χ3n) is 13.9. The summed E-state index contributed by atoms with van der Waals surface area (Å²) in [7, 11) is 0. The number of amides is 7. The Labute approximate surface area is 449 Å². The Hall–Kier alpha value is -6.86. The van der Waals surface area contributed by atoms with Crippen LogP contribution in [0.2, 0.25) is 0 Å². The van der Waals surface area contributed by atoms with Crippen LogP contribution in [0, 0.1) is 12.3 Å². The van der Waals surface area contributed by atoms with E-state index < -0.39 is 77.1 Å². The Morgan fingerprint density at radius 2 is 1.62 bits per heavy atom. The number of nitrogens with two attached hydrogens (primary N) is 1. The number of thiazole rings is 1. The highest BCUT2D eigenvalue weighted by Gasteiger charge is 2.46. The highest BCUT2D eigenvalue weighted by Crippen LogP contribution is 2.39. The number of aliphatic hydroxyl groups is 1. The van der Waals surface area contributed by atoms with Gasteiger partial charge in [-0.2, -0.15) is 0 Å². The van der Waals surface area contributed by atoms with Crippen molar-refractivity contribution in [3.05, 3.63) is 100 Å². The highest BCUT2D eigenvalue weighted by molar-refractivity contribution is 7.13. The number of primary amides is 1. The zero-order valence-electron chi connectivity index (χ0n) is 44.7. The fraction of sp³-hybridized carbons (Fsp3) is 0.509. The van der Waals surface area contributed by atoms with Gasteiger partial charge < -0.3 is 46.5 Å². The predicted octanol–water partition coefficient (Wildman–Crippen LogP) is 5.96. The van der Waals surface area contributed by atoms with Gasteiger partial charge in [-0.3, -0.25) is 33.7 Å². The predicted molar refractivity (Wildman–Crippen MR) is 289 cm³/mol. The Kier molecular flexibility index (Phi) is 18.6. The van der Waals surface area contributed by atoms with Crippen molar-refractivity contribution >= 4 is 58.6 Å². The van der Waals surface area contributed by atoms with Gasteiger partial charge in [0.05, 0.1) is 33.9 Å². The Morgan fingerprint density at radius 3 is 2.32 bits per heavy atom. The number of hydrogen-bond donors (Lipinski definition) is 6. The fourth-order valence-electron chi connectivity index (χ4n) is 10.0. The first-order valence-corrected chi connectivity index (χ1v) is 27.2. The molecule has 1 saturated heterocycles. The van der Waals surface area contributed by atoms with Crippen molar-refractivity contribution in [2.75, 3.05) is 18.1 Å². The number of aliphatic hydroxyl groups excluding tert-OH is 1. The molecule has 76 heavy (non-hydrogen) atoms. The summed E-state index contributed by atoms with van der Waals surface area (Å²) in [4.78, 5) is 102. The van der Waals surface area contributed by atoms with Gasteiger partial charge in [0.1, 0.15) is 42.1 Å². The number of alkyl carbamates (subject to hydrolysis) is 1. The Morgan fingerprint density at radius 1 is 0.882 bits per heavy atom. The number of carbonyl (C=O) groups is 7. The lowest BCUT2D eigenvalue weighted by Crippen LogP contribution is -2.57. The van der Waals surface area contributed by atoms with E-state index in [0.29, 0.717) is 37.1 Å². The van der Waals surface area contributed by atoms with Crippen LogP contribution in [0.25, 0.3) is 10.4 Å². The number of unbranched alkanes of at least 4 members (excludes halogenated alkanes) is 2. The number of β-amino-alcohol motifs (C(OH)–C–C–N with tert-alkyl or cyclic N) is 1. The van der Waals surface area contributed by atoms with Crippen LogP contribution in [0.5, 0.6) is 5.75 Å². The maximum atomic E-state index is 14.2. The van der Waals surface area contributed by atoms with Crippen LogP contribution < -0.4 is 36.6 Å². The number of para-hydroxylation sites is 1. The van der Waals surface area contributed by atoms with Crippen LogP contribution in [0.3, 0.4) is 0 Å². The molecule has 0 bridgehead atoms. The van der Waals surface area contributed by atoms with Gasteiger partial charge in [0.2, 0.25) is 35.4 Å². The molecule has 6 atom stereocenters. The maximum Gasteiger partial charge on any atom is 0.408 e. The molecule has 4 heterocycles. The number of ether oxygens (including phenoxy) is 2.